The maximum Gasteiger partial charge on any atom is 4.00 e. The van der Waals surface area contributed by atoms with Crippen molar-refractivity contribution in [3.63, 3.8) is 0 Å². The molecule has 9 aromatic carbocycles. The fourth-order valence-corrected chi connectivity index (χ4v) is 12.4. The second kappa shape index (κ2) is 19.7. The van der Waals surface area contributed by atoms with Gasteiger partial charge in [0.25, 0.3) is 0 Å². The zero-order valence-electron chi connectivity index (χ0n) is 45.2. The monoisotopic (exact) mass is 1180 g/mol. The topological polar surface area (TPSA) is 33.5 Å². The first-order valence-electron chi connectivity index (χ1n) is 26.9. The molecule has 0 bridgehead atoms. The molecule has 0 unspecified atom stereocenters. The molecule has 7 nitrogen and oxygen atoms in total. The number of nitrogens with zero attached hydrogens (tertiary/aromatic N) is 7. The van der Waals surface area contributed by atoms with Crippen molar-refractivity contribution >= 4 is 103 Å². The molecular formula is C68H62BN7Pt. The van der Waals surface area contributed by atoms with Gasteiger partial charge in [-0.05, 0) is 145 Å². The number of para-hydroxylation sites is 6. The van der Waals surface area contributed by atoms with Crippen LogP contribution in [-0.2, 0) is 21.1 Å². The van der Waals surface area contributed by atoms with Crippen LogP contribution >= 0.6 is 0 Å². The molecule has 0 fully saturated rings. The van der Waals surface area contributed by atoms with Crippen molar-refractivity contribution in [1.29, 1.82) is 0 Å². The maximum atomic E-state index is 5.19. The van der Waals surface area contributed by atoms with Crippen LogP contribution in [0.15, 0.2) is 182 Å². The molecule has 9 heteroatoms. The summed E-state index contributed by atoms with van der Waals surface area (Å²) in [5.41, 5.74) is 28.3. The van der Waals surface area contributed by atoms with Crippen LogP contribution in [0.25, 0.3) is 16.4 Å². The Morgan fingerprint density at radius 3 is 1.29 bits per heavy atom. The molecule has 0 saturated heterocycles. The van der Waals surface area contributed by atoms with Crippen LogP contribution in [0.3, 0.4) is 0 Å². The summed E-state index contributed by atoms with van der Waals surface area (Å²) in [7, 11) is 4.23. The van der Waals surface area contributed by atoms with Crippen LogP contribution in [0.4, 0.5) is 79.6 Å². The largest absolute Gasteiger partial charge is 4.00 e. The predicted molar refractivity (Wildman–Crippen MR) is 323 cm³/mol. The Bertz CT molecular complexity index is 3500. The molecule has 77 heavy (non-hydrogen) atoms. The van der Waals surface area contributed by atoms with Gasteiger partial charge in [0.15, 0.2) is 0 Å². The fraction of sp³-hybridized carbons (Fsp3) is 0.176. The molecule has 0 spiro atoms. The zero-order valence-corrected chi connectivity index (χ0v) is 47.5. The van der Waals surface area contributed by atoms with Crippen molar-refractivity contribution in [3.05, 3.63) is 229 Å². The van der Waals surface area contributed by atoms with Gasteiger partial charge in [0.1, 0.15) is 0 Å². The SMILES string of the molecule is CC(C)c1cc(C(C)C)c(-c2cc(N3[CH-]N(C)c4ccccc43)[c-]c(N3[CH-]N(C)c4ccccc43)c2)c(C(C)C)c1.Cc1cc2c3c(c1)N(c1ccccc1)c1cccc4c1B3c1c(cccc1N2c1ccccc1)[N-]4.[Pt+4]. The van der Waals surface area contributed by atoms with Crippen molar-refractivity contribution < 1.29 is 21.1 Å². The number of hydrogen-bond acceptors (Lipinski definition) is 6. The summed E-state index contributed by atoms with van der Waals surface area (Å²) in [6.45, 7) is 20.6. The third-order valence-corrected chi connectivity index (χ3v) is 15.9. The van der Waals surface area contributed by atoms with Crippen molar-refractivity contribution in [1.82, 2.24) is 0 Å². The molecule has 382 valence electrons. The summed E-state index contributed by atoms with van der Waals surface area (Å²) in [6, 6.07) is 69.8. The van der Waals surface area contributed by atoms with Crippen molar-refractivity contribution in [3.8, 4) is 11.1 Å². The Morgan fingerprint density at radius 1 is 0.442 bits per heavy atom. The average Bonchev–Trinajstić information content (AvgIpc) is 4.03. The van der Waals surface area contributed by atoms with Crippen LogP contribution in [-0.4, -0.2) is 20.8 Å². The summed E-state index contributed by atoms with van der Waals surface area (Å²) >= 11 is 0. The Balaban J connectivity index is 0.000000154. The van der Waals surface area contributed by atoms with Crippen molar-refractivity contribution in [2.45, 2.75) is 66.2 Å². The Morgan fingerprint density at radius 2 is 0.857 bits per heavy atom. The molecule has 14 rings (SSSR count). The Labute approximate surface area is 470 Å². The number of aryl methyl sites for hydroxylation is 1. The first-order chi connectivity index (χ1) is 36.9. The number of hydrogen-bond donors (Lipinski definition) is 0. The van der Waals surface area contributed by atoms with E-state index >= 15 is 0 Å². The fourth-order valence-electron chi connectivity index (χ4n) is 12.4. The van der Waals surface area contributed by atoms with Gasteiger partial charge in [-0.3, -0.25) is 0 Å². The van der Waals surface area contributed by atoms with E-state index in [-0.39, 0.29) is 27.8 Å². The molecule has 0 N–H and O–H groups in total. The average molecular weight is 1180 g/mol. The molecule has 5 heterocycles. The molecule has 0 atom stereocenters. The van der Waals surface area contributed by atoms with Gasteiger partial charge in [0.05, 0.1) is 0 Å². The minimum atomic E-state index is 0. The van der Waals surface area contributed by atoms with Gasteiger partial charge in [-0.1, -0.05) is 150 Å². The Hall–Kier alpha value is -7.67. The van der Waals surface area contributed by atoms with Crippen LogP contribution < -0.4 is 45.8 Å². The van der Waals surface area contributed by atoms with Gasteiger partial charge in [0.2, 0.25) is 6.71 Å². The van der Waals surface area contributed by atoms with Crippen LogP contribution in [0.5, 0.6) is 0 Å². The van der Waals surface area contributed by atoms with E-state index in [4.69, 9.17) is 5.32 Å². The smallest absolute Gasteiger partial charge is 0.659 e. The van der Waals surface area contributed by atoms with Gasteiger partial charge >= 0.3 is 21.1 Å². The van der Waals surface area contributed by atoms with Gasteiger partial charge in [-0.15, -0.1) is 46.5 Å². The number of rotatable bonds is 8. The molecule has 0 aromatic heterocycles. The number of benzene rings is 9. The Kier molecular flexibility index (Phi) is 12.8. The molecule has 5 aliphatic heterocycles. The third-order valence-electron chi connectivity index (χ3n) is 15.9. The normalized spacial score (nSPS) is 14.1. The molecule has 0 saturated carbocycles. The van der Waals surface area contributed by atoms with Crippen molar-refractivity contribution in [2.75, 3.05) is 43.5 Å². The zero-order chi connectivity index (χ0) is 52.1. The minimum Gasteiger partial charge on any atom is -0.659 e. The summed E-state index contributed by atoms with van der Waals surface area (Å²) in [6.07, 6.45) is 0. The van der Waals surface area contributed by atoms with Crippen LogP contribution in [0.2, 0.25) is 0 Å². The van der Waals surface area contributed by atoms with Gasteiger partial charge in [-0.2, -0.15) is 13.3 Å². The quantitative estimate of drug-likeness (QED) is 0.111. The summed E-state index contributed by atoms with van der Waals surface area (Å²) in [4.78, 5) is 13.8. The van der Waals surface area contributed by atoms with Crippen LogP contribution in [0.1, 0.15) is 81.5 Å². The van der Waals surface area contributed by atoms with Crippen molar-refractivity contribution in [2.24, 2.45) is 0 Å². The van der Waals surface area contributed by atoms with Gasteiger partial charge in [0, 0.05) is 56.9 Å². The van der Waals surface area contributed by atoms with E-state index < -0.39 is 0 Å². The molecule has 0 amide bonds. The van der Waals surface area contributed by atoms with Gasteiger partial charge in [-0.25, -0.2) is 0 Å². The molecule has 5 aliphatic rings. The van der Waals surface area contributed by atoms with E-state index in [9.17, 15) is 0 Å². The second-order valence-electron chi connectivity index (χ2n) is 21.9. The summed E-state index contributed by atoms with van der Waals surface area (Å²) < 4.78 is 0. The molecule has 9 aromatic rings. The van der Waals surface area contributed by atoms with E-state index in [1.807, 2.05) is 0 Å². The first kappa shape index (κ1) is 50.2. The van der Waals surface area contributed by atoms with E-state index in [0.29, 0.717) is 17.8 Å². The van der Waals surface area contributed by atoms with E-state index in [1.54, 1.807) is 0 Å². The molecule has 0 aliphatic carbocycles. The van der Waals surface area contributed by atoms with E-state index in [2.05, 4.69) is 293 Å². The van der Waals surface area contributed by atoms with Crippen LogP contribution in [0, 0.1) is 26.3 Å². The second-order valence-corrected chi connectivity index (χ2v) is 21.9. The van der Waals surface area contributed by atoms with E-state index in [0.717, 1.165) is 22.7 Å². The number of fused-ring (bicyclic) bond motifs is 2. The summed E-state index contributed by atoms with van der Waals surface area (Å²) in [5, 5.41) is 5.19. The van der Waals surface area contributed by atoms with E-state index in [1.165, 1.54) is 107 Å². The predicted octanol–water partition coefficient (Wildman–Crippen LogP) is 16.7. The molecule has 0 radical (unpaired) electrons. The van der Waals surface area contributed by atoms with Gasteiger partial charge < -0.3 is 34.7 Å². The minimum absolute atomic E-state index is 0. The third kappa shape index (κ3) is 8.30. The first-order valence-corrected chi connectivity index (χ1v) is 26.9. The summed E-state index contributed by atoms with van der Waals surface area (Å²) in [5.74, 6) is 1.27. The maximum absolute atomic E-state index is 5.19. The standard InChI is InChI=1S/C37H41N4.C31H21BN3.Pt/c1-24(2)27-19-31(25(3)4)37(32(20-27)26(5)6)28-17-29(40-22-38(7)33-13-9-11-15-35(33)40)21-30(18-28)41-23-39(8)34-14-10-12-16-36(34)41;1-20-18-27-31-28(19-20)35(22-12-6-3-7-13-22)26-17-9-15-24-30(26)32(31)29-23(33-24)14-8-16-25(29)34(27)21-10-4-2-5-11-21;/h9-20,22-26H,1-8H3;2-19H,1H3;/q-3;-1;+4. The number of anilines is 12. The molecular weight excluding hydrogens is 1120 g/mol.